The van der Waals surface area contributed by atoms with Crippen LogP contribution in [0, 0.1) is 11.6 Å². The van der Waals surface area contributed by atoms with Gasteiger partial charge in [0.2, 0.25) is 0 Å². The second-order valence-corrected chi connectivity index (χ2v) is 6.30. The third-order valence-electron chi connectivity index (χ3n) is 3.03. The Labute approximate surface area is 144 Å². The van der Waals surface area contributed by atoms with Gasteiger partial charge >= 0.3 is 11.9 Å². The third-order valence-corrected chi connectivity index (χ3v) is 3.03. The molecule has 0 saturated carbocycles. The van der Waals surface area contributed by atoms with Crippen molar-refractivity contribution in [2.45, 2.75) is 45.3 Å². The third kappa shape index (κ3) is 6.86. The van der Waals surface area contributed by atoms with Crippen molar-refractivity contribution < 1.29 is 32.6 Å². The van der Waals surface area contributed by atoms with Gasteiger partial charge in [0.15, 0.2) is 11.6 Å². The van der Waals surface area contributed by atoms with Crippen LogP contribution in [-0.4, -0.2) is 36.6 Å². The molecule has 1 N–H and O–H groups in total. The molecule has 0 spiro atoms. The summed E-state index contributed by atoms with van der Waals surface area (Å²) in [5, 5.41) is 2.34. The maximum absolute atomic E-state index is 13.2. The lowest BCUT2D eigenvalue weighted by Gasteiger charge is -2.21. The highest BCUT2D eigenvalue weighted by Crippen LogP contribution is 2.12. The molecule has 0 unspecified atom stereocenters. The zero-order valence-electron chi connectivity index (χ0n) is 14.5. The predicted molar refractivity (Wildman–Crippen MR) is 84.7 cm³/mol. The number of ether oxygens (including phenoxy) is 2. The summed E-state index contributed by atoms with van der Waals surface area (Å²) in [6, 6.07) is 1.47. The maximum Gasteiger partial charge on any atom is 0.328 e. The van der Waals surface area contributed by atoms with Crippen molar-refractivity contribution in [3.05, 3.63) is 35.4 Å². The fourth-order valence-corrected chi connectivity index (χ4v) is 1.92. The number of amides is 1. The van der Waals surface area contributed by atoms with E-state index in [1.165, 1.54) is 0 Å². The van der Waals surface area contributed by atoms with Crippen molar-refractivity contribution in [2.24, 2.45) is 0 Å². The van der Waals surface area contributed by atoms with E-state index in [0.29, 0.717) is 6.07 Å². The van der Waals surface area contributed by atoms with E-state index >= 15 is 0 Å². The molecule has 0 aromatic heterocycles. The van der Waals surface area contributed by atoms with Gasteiger partial charge in [-0.3, -0.25) is 9.59 Å². The van der Waals surface area contributed by atoms with Crippen LogP contribution < -0.4 is 5.32 Å². The van der Waals surface area contributed by atoms with E-state index in [4.69, 9.17) is 4.74 Å². The van der Waals surface area contributed by atoms with Crippen LogP contribution in [0.3, 0.4) is 0 Å². The molecule has 8 heteroatoms. The Morgan fingerprint density at radius 2 is 1.80 bits per heavy atom. The van der Waals surface area contributed by atoms with Crippen LogP contribution in [0.25, 0.3) is 0 Å². The molecule has 25 heavy (non-hydrogen) atoms. The first-order chi connectivity index (χ1) is 11.5. The van der Waals surface area contributed by atoms with Crippen molar-refractivity contribution in [3.63, 3.8) is 0 Å². The Hall–Kier alpha value is -2.51. The number of nitrogens with one attached hydrogen (secondary N) is 1. The molecule has 0 heterocycles. The van der Waals surface area contributed by atoms with E-state index in [1.807, 2.05) is 0 Å². The number of esters is 2. The van der Waals surface area contributed by atoms with E-state index in [2.05, 4.69) is 10.1 Å². The van der Waals surface area contributed by atoms with Crippen molar-refractivity contribution in [1.82, 2.24) is 5.32 Å². The van der Waals surface area contributed by atoms with Crippen molar-refractivity contribution in [3.8, 4) is 0 Å². The topological polar surface area (TPSA) is 81.7 Å². The molecular formula is C17H21F2NO5. The average Bonchev–Trinajstić information content (AvgIpc) is 2.51. The molecule has 0 saturated heterocycles. The number of carbonyl (C=O) groups is 3. The highest BCUT2D eigenvalue weighted by Gasteiger charge is 2.25. The van der Waals surface area contributed by atoms with Crippen LogP contribution in [0.2, 0.25) is 0 Å². The number of hydrogen-bond donors (Lipinski definition) is 1. The van der Waals surface area contributed by atoms with Gasteiger partial charge in [-0.05, 0) is 45.4 Å². The van der Waals surface area contributed by atoms with E-state index in [9.17, 15) is 23.2 Å². The lowest BCUT2D eigenvalue weighted by molar-refractivity contribution is -0.155. The summed E-state index contributed by atoms with van der Waals surface area (Å²) in [5.74, 6) is -4.37. The molecule has 1 amide bonds. The van der Waals surface area contributed by atoms with Crippen molar-refractivity contribution in [1.29, 1.82) is 0 Å². The smallest absolute Gasteiger partial charge is 0.328 e. The summed E-state index contributed by atoms with van der Waals surface area (Å²) < 4.78 is 35.8. The fraction of sp³-hybridized carbons (Fsp3) is 0.471. The summed E-state index contributed by atoms with van der Waals surface area (Å²) in [6.07, 6.45) is -0.188. The highest BCUT2D eigenvalue weighted by molar-refractivity contribution is 5.96. The summed E-state index contributed by atoms with van der Waals surface area (Å²) >= 11 is 0. The van der Waals surface area contributed by atoms with E-state index in [1.54, 1.807) is 20.8 Å². The van der Waals surface area contributed by atoms with Crippen LogP contribution in [-0.2, 0) is 19.1 Å². The number of carbonyl (C=O) groups excluding carboxylic acids is 3. The van der Waals surface area contributed by atoms with Gasteiger partial charge in [-0.25, -0.2) is 13.6 Å². The second-order valence-electron chi connectivity index (χ2n) is 6.30. The molecule has 6 nitrogen and oxygen atoms in total. The molecule has 0 bridgehead atoms. The number of rotatable bonds is 6. The minimum absolute atomic E-state index is 0.0585. The molecule has 0 aliphatic heterocycles. The number of methoxy groups -OCH3 is 1. The number of hydrogen-bond acceptors (Lipinski definition) is 5. The van der Waals surface area contributed by atoms with Gasteiger partial charge in [0.05, 0.1) is 7.11 Å². The molecule has 0 fully saturated rings. The van der Waals surface area contributed by atoms with E-state index in [0.717, 1.165) is 19.2 Å². The van der Waals surface area contributed by atoms with E-state index < -0.39 is 41.1 Å². The Bertz CT molecular complexity index is 655. The van der Waals surface area contributed by atoms with Crippen LogP contribution in [0.1, 0.15) is 44.0 Å². The van der Waals surface area contributed by atoms with Gasteiger partial charge in [-0.15, -0.1) is 0 Å². The Kier molecular flexibility index (Phi) is 7.02. The van der Waals surface area contributed by atoms with Crippen molar-refractivity contribution in [2.75, 3.05) is 7.11 Å². The SMILES string of the molecule is COC(=O)[C@H](CCC(=O)OC(C)(C)C)NC(=O)c1ccc(F)c(F)c1. The Morgan fingerprint density at radius 3 is 2.32 bits per heavy atom. The first-order valence-corrected chi connectivity index (χ1v) is 7.59. The summed E-state index contributed by atoms with van der Waals surface area (Å²) in [6.45, 7) is 5.11. The van der Waals surface area contributed by atoms with Crippen molar-refractivity contribution >= 4 is 17.8 Å². The minimum atomic E-state index is -1.18. The second kappa shape index (κ2) is 8.55. The molecular weight excluding hydrogens is 336 g/mol. The van der Waals surface area contributed by atoms with Gasteiger partial charge in [-0.2, -0.15) is 0 Å². The largest absolute Gasteiger partial charge is 0.467 e. The average molecular weight is 357 g/mol. The minimum Gasteiger partial charge on any atom is -0.467 e. The quantitative estimate of drug-likeness (QED) is 0.791. The van der Waals surface area contributed by atoms with Crippen LogP contribution in [0.15, 0.2) is 18.2 Å². The van der Waals surface area contributed by atoms with Crippen LogP contribution in [0.5, 0.6) is 0 Å². The monoisotopic (exact) mass is 357 g/mol. The lowest BCUT2D eigenvalue weighted by Crippen LogP contribution is -2.42. The Balaban J connectivity index is 2.75. The normalized spacial score (nSPS) is 12.2. The summed E-state index contributed by atoms with van der Waals surface area (Å²) in [5.41, 5.74) is -0.836. The van der Waals surface area contributed by atoms with Gasteiger partial charge < -0.3 is 14.8 Å². The predicted octanol–water partition coefficient (Wildman–Crippen LogP) is 2.36. The van der Waals surface area contributed by atoms with Gasteiger partial charge in [0.25, 0.3) is 5.91 Å². The van der Waals surface area contributed by atoms with Gasteiger partial charge in [0.1, 0.15) is 11.6 Å². The summed E-state index contributed by atoms with van der Waals surface area (Å²) in [4.78, 5) is 35.6. The first kappa shape index (κ1) is 20.5. The molecule has 1 atom stereocenters. The molecule has 0 aliphatic carbocycles. The molecule has 1 aromatic carbocycles. The molecule has 0 aliphatic rings. The number of benzene rings is 1. The van der Waals surface area contributed by atoms with Gasteiger partial charge in [0, 0.05) is 12.0 Å². The van der Waals surface area contributed by atoms with E-state index in [-0.39, 0.29) is 18.4 Å². The lowest BCUT2D eigenvalue weighted by atomic mass is 10.1. The maximum atomic E-state index is 13.2. The molecule has 138 valence electrons. The molecule has 1 aromatic rings. The molecule has 1 rings (SSSR count). The summed E-state index contributed by atoms with van der Waals surface area (Å²) in [7, 11) is 1.13. The van der Waals surface area contributed by atoms with Gasteiger partial charge in [-0.1, -0.05) is 0 Å². The fourth-order valence-electron chi connectivity index (χ4n) is 1.92. The number of halogens is 2. The first-order valence-electron chi connectivity index (χ1n) is 7.59. The zero-order valence-corrected chi connectivity index (χ0v) is 14.5. The molecule has 0 radical (unpaired) electrons. The highest BCUT2D eigenvalue weighted by atomic mass is 19.2. The van der Waals surface area contributed by atoms with Crippen LogP contribution >= 0.6 is 0 Å². The van der Waals surface area contributed by atoms with Crippen LogP contribution in [0.4, 0.5) is 8.78 Å². The standard InChI is InChI=1S/C17H21F2NO5/c1-17(2,3)25-14(21)8-7-13(16(23)24-4)20-15(22)10-5-6-11(18)12(19)9-10/h5-6,9,13H,7-8H2,1-4H3,(H,20,22)/t13-/m0/s1. The zero-order chi connectivity index (χ0) is 19.2. The Morgan fingerprint density at radius 1 is 1.16 bits per heavy atom.